The van der Waals surface area contributed by atoms with Crippen molar-refractivity contribution in [2.45, 2.75) is 44.1 Å². The fourth-order valence-corrected chi connectivity index (χ4v) is 3.08. The Morgan fingerprint density at radius 2 is 2.05 bits per heavy atom. The van der Waals surface area contributed by atoms with E-state index < -0.39 is 26.3 Å². The van der Waals surface area contributed by atoms with Gasteiger partial charge in [0.2, 0.25) is 10.0 Å². The van der Waals surface area contributed by atoms with Crippen molar-refractivity contribution >= 4 is 15.7 Å². The highest BCUT2D eigenvalue weighted by molar-refractivity contribution is 7.89. The van der Waals surface area contributed by atoms with Gasteiger partial charge in [0.05, 0.1) is 5.60 Å². The van der Waals surface area contributed by atoms with E-state index in [0.717, 1.165) is 12.1 Å². The van der Waals surface area contributed by atoms with E-state index in [1.54, 1.807) is 6.92 Å². The fourth-order valence-electron chi connectivity index (χ4n) is 1.83. The van der Waals surface area contributed by atoms with E-state index in [-0.39, 0.29) is 12.2 Å². The minimum Gasteiger partial charge on any atom is -0.398 e. The number of nitrogens with two attached hydrogens (primary N) is 1. The van der Waals surface area contributed by atoms with Crippen LogP contribution < -0.4 is 10.5 Å². The smallest absolute Gasteiger partial charge is 0.243 e. The Morgan fingerprint density at radius 1 is 1.45 bits per heavy atom. The molecule has 4 N–H and O–H groups in total. The molecule has 0 aliphatic rings. The summed E-state index contributed by atoms with van der Waals surface area (Å²) in [6, 6.07) is 2.16. The normalized spacial score (nSPS) is 15.1. The first kappa shape index (κ1) is 16.9. The maximum Gasteiger partial charge on any atom is 0.243 e. The maximum atomic E-state index is 13.8. The van der Waals surface area contributed by atoms with Crippen molar-refractivity contribution in [1.82, 2.24) is 4.72 Å². The van der Waals surface area contributed by atoms with Crippen molar-refractivity contribution in [3.05, 3.63) is 23.5 Å². The van der Waals surface area contributed by atoms with Gasteiger partial charge in [-0.3, -0.25) is 0 Å². The predicted octanol–water partition coefficient (Wildman–Crippen LogP) is 1.55. The Balaban J connectivity index is 2.98. The van der Waals surface area contributed by atoms with E-state index >= 15 is 0 Å². The summed E-state index contributed by atoms with van der Waals surface area (Å²) in [6.45, 7) is 4.81. The lowest BCUT2D eigenvalue weighted by Crippen LogP contribution is -2.40. The highest BCUT2D eigenvalue weighted by Crippen LogP contribution is 2.22. The minimum absolute atomic E-state index is 0.184. The van der Waals surface area contributed by atoms with Crippen molar-refractivity contribution in [3.63, 3.8) is 0 Å². The van der Waals surface area contributed by atoms with Crippen molar-refractivity contribution in [2.75, 3.05) is 12.3 Å². The monoisotopic (exact) mass is 304 g/mol. The van der Waals surface area contributed by atoms with E-state index in [4.69, 9.17) is 5.73 Å². The van der Waals surface area contributed by atoms with Gasteiger partial charge in [0.15, 0.2) is 0 Å². The van der Waals surface area contributed by atoms with E-state index in [2.05, 4.69) is 4.72 Å². The van der Waals surface area contributed by atoms with Crippen LogP contribution in [0.5, 0.6) is 0 Å². The SMILES string of the molecule is CCCC(C)(O)CNS(=O)(=O)c1cc(N)c(C)cc1F. The van der Waals surface area contributed by atoms with Gasteiger partial charge in [-0.25, -0.2) is 17.5 Å². The summed E-state index contributed by atoms with van der Waals surface area (Å²) in [5.74, 6) is -0.862. The van der Waals surface area contributed by atoms with E-state index in [1.165, 1.54) is 6.92 Å². The zero-order valence-electron chi connectivity index (χ0n) is 11.9. The van der Waals surface area contributed by atoms with Gasteiger partial charge in [-0.2, -0.15) is 0 Å². The molecule has 0 aliphatic carbocycles. The van der Waals surface area contributed by atoms with Gasteiger partial charge >= 0.3 is 0 Å². The molecule has 5 nitrogen and oxygen atoms in total. The Bertz CT molecular complexity index is 586. The molecule has 0 aliphatic heterocycles. The van der Waals surface area contributed by atoms with Gasteiger partial charge in [0, 0.05) is 12.2 Å². The lowest BCUT2D eigenvalue weighted by Gasteiger charge is -2.23. The average Bonchev–Trinajstić information content (AvgIpc) is 2.31. The van der Waals surface area contributed by atoms with Crippen molar-refractivity contribution in [2.24, 2.45) is 0 Å². The van der Waals surface area contributed by atoms with Crippen LogP contribution in [0.4, 0.5) is 10.1 Å². The standard InChI is InChI=1S/C13H21FN2O3S/c1-4-5-13(3,17)8-16-20(18,19)12-7-11(15)9(2)6-10(12)14/h6-7,16-17H,4-5,8,15H2,1-3H3. The molecule has 0 heterocycles. The quantitative estimate of drug-likeness (QED) is 0.695. The van der Waals surface area contributed by atoms with Gasteiger partial charge in [-0.05, 0) is 38.0 Å². The van der Waals surface area contributed by atoms with E-state index in [0.29, 0.717) is 18.4 Å². The molecule has 0 amide bonds. The second kappa shape index (κ2) is 6.07. The summed E-state index contributed by atoms with van der Waals surface area (Å²) in [5, 5.41) is 9.95. The van der Waals surface area contributed by atoms with Gasteiger partial charge in [0.25, 0.3) is 0 Å². The van der Waals surface area contributed by atoms with Gasteiger partial charge in [0.1, 0.15) is 10.7 Å². The van der Waals surface area contributed by atoms with Gasteiger partial charge < -0.3 is 10.8 Å². The lowest BCUT2D eigenvalue weighted by molar-refractivity contribution is 0.0554. The lowest BCUT2D eigenvalue weighted by atomic mass is 10.0. The molecule has 1 unspecified atom stereocenters. The summed E-state index contributed by atoms with van der Waals surface area (Å²) in [7, 11) is -4.05. The molecule has 1 aromatic carbocycles. The third kappa shape index (κ3) is 4.16. The number of benzene rings is 1. The summed E-state index contributed by atoms with van der Waals surface area (Å²) in [4.78, 5) is -0.507. The molecule has 20 heavy (non-hydrogen) atoms. The molecule has 1 rings (SSSR count). The molecule has 0 radical (unpaired) electrons. The molecule has 0 spiro atoms. The number of nitrogen functional groups attached to an aromatic ring is 1. The molecule has 0 saturated heterocycles. The number of nitrogens with one attached hydrogen (secondary N) is 1. The molecule has 0 bridgehead atoms. The summed E-state index contributed by atoms with van der Waals surface area (Å²) in [5.41, 5.74) is 5.11. The number of anilines is 1. The third-order valence-corrected chi connectivity index (χ3v) is 4.46. The molecule has 1 aromatic rings. The number of rotatable bonds is 6. The highest BCUT2D eigenvalue weighted by atomic mass is 32.2. The number of hydrogen-bond acceptors (Lipinski definition) is 4. The van der Waals surface area contributed by atoms with Crippen LogP contribution >= 0.6 is 0 Å². The zero-order valence-corrected chi connectivity index (χ0v) is 12.7. The van der Waals surface area contributed by atoms with E-state index in [1.807, 2.05) is 6.92 Å². The first-order valence-corrected chi connectivity index (χ1v) is 7.85. The summed E-state index contributed by atoms with van der Waals surface area (Å²) < 4.78 is 40.1. The van der Waals surface area contributed by atoms with Crippen molar-refractivity contribution in [3.8, 4) is 0 Å². The minimum atomic E-state index is -4.05. The number of aryl methyl sites for hydroxylation is 1. The molecular weight excluding hydrogens is 283 g/mol. The Labute approximate surface area is 119 Å². The molecule has 0 fully saturated rings. The number of halogens is 1. The van der Waals surface area contributed by atoms with Crippen molar-refractivity contribution < 1.29 is 17.9 Å². The molecular formula is C13H21FN2O3S. The zero-order chi connectivity index (χ0) is 15.6. The molecule has 0 saturated carbocycles. The second-order valence-electron chi connectivity index (χ2n) is 5.21. The highest BCUT2D eigenvalue weighted by Gasteiger charge is 2.25. The van der Waals surface area contributed by atoms with Gasteiger partial charge in [-0.15, -0.1) is 0 Å². The summed E-state index contributed by atoms with van der Waals surface area (Å²) in [6.07, 6.45) is 1.15. The maximum absolute atomic E-state index is 13.8. The molecule has 1 atom stereocenters. The average molecular weight is 304 g/mol. The number of sulfonamides is 1. The predicted molar refractivity (Wildman–Crippen MR) is 76.3 cm³/mol. The number of hydrogen-bond donors (Lipinski definition) is 3. The van der Waals surface area contributed by atoms with Crippen LogP contribution in [0.15, 0.2) is 17.0 Å². The molecule has 0 aromatic heterocycles. The van der Waals surface area contributed by atoms with Crippen LogP contribution in [0.1, 0.15) is 32.3 Å². The Hall–Kier alpha value is -1.18. The van der Waals surface area contributed by atoms with Crippen LogP contribution in [-0.2, 0) is 10.0 Å². The Morgan fingerprint density at radius 3 is 2.60 bits per heavy atom. The van der Waals surface area contributed by atoms with E-state index in [9.17, 15) is 17.9 Å². The van der Waals surface area contributed by atoms with Crippen LogP contribution in [0.25, 0.3) is 0 Å². The number of aliphatic hydroxyl groups is 1. The van der Waals surface area contributed by atoms with Crippen LogP contribution in [0.3, 0.4) is 0 Å². The third-order valence-electron chi connectivity index (χ3n) is 3.04. The van der Waals surface area contributed by atoms with Crippen LogP contribution in [-0.4, -0.2) is 25.7 Å². The molecule has 114 valence electrons. The van der Waals surface area contributed by atoms with Gasteiger partial charge in [-0.1, -0.05) is 13.3 Å². The topological polar surface area (TPSA) is 92.4 Å². The summed E-state index contributed by atoms with van der Waals surface area (Å²) >= 11 is 0. The van der Waals surface area contributed by atoms with Crippen LogP contribution in [0, 0.1) is 12.7 Å². The first-order valence-electron chi connectivity index (χ1n) is 6.37. The largest absolute Gasteiger partial charge is 0.398 e. The first-order chi connectivity index (χ1) is 9.09. The van der Waals surface area contributed by atoms with Crippen molar-refractivity contribution in [1.29, 1.82) is 0 Å². The Kier molecular flexibility index (Phi) is 5.12. The second-order valence-corrected chi connectivity index (χ2v) is 6.95. The molecule has 7 heteroatoms. The van der Waals surface area contributed by atoms with Crippen LogP contribution in [0.2, 0.25) is 0 Å². The fraction of sp³-hybridized carbons (Fsp3) is 0.538.